The molecule has 4 heteroatoms. The first-order chi connectivity index (χ1) is 4.20. The first kappa shape index (κ1) is 9.13. The maximum absolute atomic E-state index is 8.99. The van der Waals surface area contributed by atoms with Gasteiger partial charge >= 0.3 is 0 Å². The van der Waals surface area contributed by atoms with Crippen LogP contribution in [0.5, 0.6) is 0 Å². The highest BCUT2D eigenvalue weighted by molar-refractivity contribution is 4.62. The van der Waals surface area contributed by atoms with Crippen LogP contribution in [0.3, 0.4) is 0 Å². The zero-order valence-electron chi connectivity index (χ0n) is 6.10. The van der Waals surface area contributed by atoms with Crippen LogP contribution in [-0.4, -0.2) is 15.1 Å². The Kier molecular flexibility index (Phi) is 3.05. The van der Waals surface area contributed by atoms with Gasteiger partial charge in [0.05, 0.1) is 7.05 Å². The van der Waals surface area contributed by atoms with Crippen molar-refractivity contribution >= 4 is 0 Å². The normalized spacial score (nSPS) is 12.3. The maximum Gasteiger partial charge on any atom is 0.245 e. The van der Waals surface area contributed by atoms with Gasteiger partial charge in [-0.3, -0.25) is 0 Å². The van der Waals surface area contributed by atoms with Gasteiger partial charge in [-0.25, -0.2) is 9.13 Å². The third kappa shape index (κ3) is 1.82. The van der Waals surface area contributed by atoms with E-state index in [0.29, 0.717) is 0 Å². The maximum atomic E-state index is 8.99. The molecular weight excluding hydrogens is 132 g/mol. The van der Waals surface area contributed by atoms with Gasteiger partial charge in [-0.1, -0.05) is 0 Å². The molecule has 4 nitrogen and oxygen atoms in total. The summed E-state index contributed by atoms with van der Waals surface area (Å²) in [6.45, 7) is 1.72. The fourth-order valence-electron chi connectivity index (χ4n) is 0.690. The molecule has 1 atom stereocenters. The van der Waals surface area contributed by atoms with Crippen molar-refractivity contribution in [1.29, 1.82) is 0 Å². The van der Waals surface area contributed by atoms with Gasteiger partial charge in [-0.15, -0.1) is 0 Å². The summed E-state index contributed by atoms with van der Waals surface area (Å²) in [4.78, 5) is 0. The molecule has 0 aliphatic carbocycles. The summed E-state index contributed by atoms with van der Waals surface area (Å²) >= 11 is 0. The second kappa shape index (κ2) is 3.34. The van der Waals surface area contributed by atoms with Crippen LogP contribution in [-0.2, 0) is 7.05 Å². The van der Waals surface area contributed by atoms with Crippen LogP contribution < -0.4 is 4.57 Å². The largest absolute Gasteiger partial charge is 0.870 e. The molecule has 1 aromatic rings. The minimum atomic E-state index is -0.425. The predicted molar refractivity (Wildman–Crippen MR) is 34.5 cm³/mol. The fraction of sp³-hybridized carbons (Fsp3) is 0.500. The average molecular weight is 144 g/mol. The molecule has 10 heavy (non-hydrogen) atoms. The second-order valence-corrected chi connectivity index (χ2v) is 2.16. The monoisotopic (exact) mass is 144 g/mol. The average Bonchev–Trinajstić information content (AvgIpc) is 2.14. The van der Waals surface area contributed by atoms with E-state index < -0.39 is 6.23 Å². The van der Waals surface area contributed by atoms with E-state index in [1.165, 1.54) is 0 Å². The molecule has 1 heterocycles. The topological polar surface area (TPSA) is 59.0 Å². The van der Waals surface area contributed by atoms with Crippen LogP contribution in [0.1, 0.15) is 13.2 Å². The van der Waals surface area contributed by atoms with Crippen LogP contribution in [0.15, 0.2) is 18.7 Å². The number of aliphatic hydroxyl groups is 1. The molecule has 0 aromatic carbocycles. The summed E-state index contributed by atoms with van der Waals surface area (Å²) in [6.07, 6.45) is 5.10. The highest BCUT2D eigenvalue weighted by Crippen LogP contribution is 1.85. The predicted octanol–water partition coefficient (Wildman–Crippen LogP) is -0.353. The standard InChI is InChI=1S/C6H11N2O.H2O/c1-6(9)8-4-3-7(2)5-8;/h3-6,9H,1-2H3;1H2/q+1;/p-1. The molecule has 58 valence electrons. The van der Waals surface area contributed by atoms with Crippen molar-refractivity contribution in [2.24, 2.45) is 7.05 Å². The Morgan fingerprint density at radius 2 is 2.20 bits per heavy atom. The van der Waals surface area contributed by atoms with E-state index in [1.807, 2.05) is 30.3 Å². The fourth-order valence-corrected chi connectivity index (χ4v) is 0.690. The van der Waals surface area contributed by atoms with Crippen LogP contribution in [0.4, 0.5) is 0 Å². The van der Waals surface area contributed by atoms with Gasteiger partial charge in [0.25, 0.3) is 0 Å². The number of aliphatic hydroxyl groups excluding tert-OH is 1. The van der Waals surface area contributed by atoms with E-state index in [9.17, 15) is 0 Å². The van der Waals surface area contributed by atoms with Crippen LogP contribution in [0.2, 0.25) is 0 Å². The summed E-state index contributed by atoms with van der Waals surface area (Å²) in [6, 6.07) is 0. The summed E-state index contributed by atoms with van der Waals surface area (Å²) in [7, 11) is 1.92. The SMILES string of the molecule is CC(O)[n+]1ccn(C)c1.[OH-]. The highest BCUT2D eigenvalue weighted by atomic mass is 16.3. The molecule has 2 N–H and O–H groups in total. The van der Waals surface area contributed by atoms with E-state index >= 15 is 0 Å². The summed E-state index contributed by atoms with van der Waals surface area (Å²) in [5.41, 5.74) is 0. The lowest BCUT2D eigenvalue weighted by Crippen LogP contribution is -2.34. The number of aryl methyl sites for hydroxylation is 1. The Morgan fingerprint density at radius 3 is 2.40 bits per heavy atom. The van der Waals surface area contributed by atoms with Crippen molar-refractivity contribution < 1.29 is 15.1 Å². The molecule has 0 saturated heterocycles. The number of hydrogen-bond acceptors (Lipinski definition) is 2. The zero-order chi connectivity index (χ0) is 6.85. The summed E-state index contributed by atoms with van der Waals surface area (Å²) in [5.74, 6) is 0. The van der Waals surface area contributed by atoms with Crippen molar-refractivity contribution in [3.05, 3.63) is 18.7 Å². The molecule has 0 aliphatic heterocycles. The first-order valence-corrected chi connectivity index (χ1v) is 2.91. The third-order valence-electron chi connectivity index (χ3n) is 1.22. The molecule has 1 aromatic heterocycles. The van der Waals surface area contributed by atoms with E-state index in [0.717, 1.165) is 0 Å². The van der Waals surface area contributed by atoms with Crippen LogP contribution in [0, 0.1) is 0 Å². The van der Waals surface area contributed by atoms with Crippen molar-refractivity contribution in [2.75, 3.05) is 0 Å². The Hall–Kier alpha value is -0.870. The van der Waals surface area contributed by atoms with Crippen molar-refractivity contribution in [2.45, 2.75) is 13.2 Å². The second-order valence-electron chi connectivity index (χ2n) is 2.16. The van der Waals surface area contributed by atoms with Gasteiger partial charge in [-0.2, -0.15) is 0 Å². The molecule has 0 amide bonds. The van der Waals surface area contributed by atoms with Gasteiger partial charge in [-0.05, 0) is 0 Å². The van der Waals surface area contributed by atoms with E-state index in [-0.39, 0.29) is 5.48 Å². The molecule has 1 unspecified atom stereocenters. The van der Waals surface area contributed by atoms with Gasteiger partial charge in [0.2, 0.25) is 6.33 Å². The minimum Gasteiger partial charge on any atom is -0.870 e. The third-order valence-corrected chi connectivity index (χ3v) is 1.22. The number of rotatable bonds is 1. The quantitative estimate of drug-likeness (QED) is 0.547. The van der Waals surface area contributed by atoms with E-state index in [1.54, 1.807) is 11.5 Å². The number of aromatic nitrogens is 2. The smallest absolute Gasteiger partial charge is 0.245 e. The van der Waals surface area contributed by atoms with Gasteiger partial charge in [0, 0.05) is 6.92 Å². The molecule has 0 fully saturated rings. The lowest BCUT2D eigenvalue weighted by molar-refractivity contribution is -0.755. The lowest BCUT2D eigenvalue weighted by atomic mass is 10.6. The number of hydrogen-bond donors (Lipinski definition) is 1. The molecule has 1 rings (SSSR count). The molecule has 0 spiro atoms. The highest BCUT2D eigenvalue weighted by Gasteiger charge is 2.03. The Balaban J connectivity index is 0.000000810. The van der Waals surface area contributed by atoms with Crippen LogP contribution >= 0.6 is 0 Å². The van der Waals surface area contributed by atoms with Crippen LogP contribution in [0.25, 0.3) is 0 Å². The summed E-state index contributed by atoms with van der Waals surface area (Å²) < 4.78 is 3.60. The molecular formula is C6H12N2O2. The van der Waals surface area contributed by atoms with Crippen molar-refractivity contribution in [3.8, 4) is 0 Å². The van der Waals surface area contributed by atoms with Crippen molar-refractivity contribution in [1.82, 2.24) is 4.57 Å². The Morgan fingerprint density at radius 1 is 1.60 bits per heavy atom. The Bertz CT molecular complexity index is 195. The van der Waals surface area contributed by atoms with Crippen molar-refractivity contribution in [3.63, 3.8) is 0 Å². The Labute approximate surface area is 59.6 Å². The molecule has 0 radical (unpaired) electrons. The minimum absolute atomic E-state index is 0. The molecule has 0 bridgehead atoms. The van der Waals surface area contributed by atoms with Gasteiger partial charge in [0.15, 0.2) is 6.23 Å². The first-order valence-electron chi connectivity index (χ1n) is 2.91. The van der Waals surface area contributed by atoms with Gasteiger partial charge in [0.1, 0.15) is 12.4 Å². The van der Waals surface area contributed by atoms with E-state index in [4.69, 9.17) is 5.11 Å². The zero-order valence-corrected chi connectivity index (χ0v) is 6.10. The lowest BCUT2D eigenvalue weighted by Gasteiger charge is -1.94. The number of imidazole rings is 1. The van der Waals surface area contributed by atoms with E-state index in [2.05, 4.69) is 0 Å². The van der Waals surface area contributed by atoms with Gasteiger partial charge < -0.3 is 10.6 Å². The number of nitrogens with zero attached hydrogens (tertiary/aromatic N) is 2. The molecule has 0 aliphatic rings. The summed E-state index contributed by atoms with van der Waals surface area (Å²) in [5, 5.41) is 8.99. The molecule has 0 saturated carbocycles.